The highest BCUT2D eigenvalue weighted by molar-refractivity contribution is 6.32. The molecule has 0 spiro atoms. The molecule has 0 unspecified atom stereocenters. The molecule has 0 heterocycles. The van der Waals surface area contributed by atoms with Crippen LogP contribution >= 0.6 is 11.6 Å². The summed E-state index contributed by atoms with van der Waals surface area (Å²) in [5, 5.41) is 0.425. The van der Waals surface area contributed by atoms with E-state index in [9.17, 15) is 4.79 Å². The highest BCUT2D eigenvalue weighted by Gasteiger charge is 2.05. The van der Waals surface area contributed by atoms with Crippen molar-refractivity contribution in [3.05, 3.63) is 53.1 Å². The fraction of sp³-hybridized carbons (Fsp3) is 0. The predicted molar refractivity (Wildman–Crippen MR) is 70.9 cm³/mol. The molecule has 1 amide bonds. The number of carbonyl (C=O) groups excluding carboxylic acids is 1. The van der Waals surface area contributed by atoms with Crippen molar-refractivity contribution in [3.8, 4) is 11.5 Å². The lowest BCUT2D eigenvalue weighted by atomic mass is 10.2. The Labute approximate surface area is 109 Å². The van der Waals surface area contributed by atoms with Crippen molar-refractivity contribution in [2.45, 2.75) is 0 Å². The lowest BCUT2D eigenvalue weighted by Crippen LogP contribution is -2.10. The molecular weight excluding hydrogens is 252 g/mol. The molecular formula is C13H11ClN2O2. The zero-order valence-electron chi connectivity index (χ0n) is 9.39. The summed E-state index contributed by atoms with van der Waals surface area (Å²) in [6.07, 6.45) is 0. The van der Waals surface area contributed by atoms with Gasteiger partial charge in [-0.1, -0.05) is 11.6 Å². The number of carbonyl (C=O) groups is 1. The number of benzene rings is 2. The minimum absolute atomic E-state index is 0.422. The van der Waals surface area contributed by atoms with Crippen molar-refractivity contribution >= 4 is 23.2 Å². The Morgan fingerprint density at radius 2 is 1.78 bits per heavy atom. The third kappa shape index (κ3) is 2.73. The van der Waals surface area contributed by atoms with Crippen molar-refractivity contribution in [2.75, 3.05) is 5.73 Å². The number of halogens is 1. The average Bonchev–Trinajstić information content (AvgIpc) is 2.33. The van der Waals surface area contributed by atoms with Gasteiger partial charge >= 0.3 is 0 Å². The van der Waals surface area contributed by atoms with Gasteiger partial charge in [0.2, 0.25) is 5.91 Å². The van der Waals surface area contributed by atoms with E-state index < -0.39 is 5.91 Å². The molecule has 0 saturated heterocycles. The van der Waals surface area contributed by atoms with Crippen LogP contribution in [0.2, 0.25) is 5.02 Å². The minimum Gasteiger partial charge on any atom is -0.456 e. The number of nitrogens with two attached hydrogens (primary N) is 2. The first-order valence-corrected chi connectivity index (χ1v) is 5.57. The van der Waals surface area contributed by atoms with E-state index in [0.29, 0.717) is 27.8 Å². The topological polar surface area (TPSA) is 78.3 Å². The van der Waals surface area contributed by atoms with E-state index in [1.807, 2.05) is 0 Å². The lowest BCUT2D eigenvalue weighted by Gasteiger charge is -2.08. The number of rotatable bonds is 3. The van der Waals surface area contributed by atoms with Gasteiger partial charge in [0.05, 0.1) is 5.02 Å². The van der Waals surface area contributed by atoms with Gasteiger partial charge in [-0.25, -0.2) is 0 Å². The largest absolute Gasteiger partial charge is 0.456 e. The first kappa shape index (κ1) is 12.3. The fourth-order valence-electron chi connectivity index (χ4n) is 1.41. The second-order valence-electron chi connectivity index (χ2n) is 3.68. The van der Waals surface area contributed by atoms with Gasteiger partial charge in [-0.3, -0.25) is 4.79 Å². The number of primary amides is 1. The first-order chi connectivity index (χ1) is 8.56. The summed E-state index contributed by atoms with van der Waals surface area (Å²) >= 11 is 5.98. The van der Waals surface area contributed by atoms with Crippen LogP contribution < -0.4 is 16.2 Å². The van der Waals surface area contributed by atoms with Crippen LogP contribution in [-0.4, -0.2) is 5.91 Å². The van der Waals surface area contributed by atoms with Crippen molar-refractivity contribution in [3.63, 3.8) is 0 Å². The number of nitrogen functional groups attached to an aromatic ring is 1. The molecule has 18 heavy (non-hydrogen) atoms. The molecule has 2 aromatic carbocycles. The molecule has 0 atom stereocenters. The number of amides is 1. The zero-order valence-corrected chi connectivity index (χ0v) is 10.1. The van der Waals surface area contributed by atoms with E-state index in [1.165, 1.54) is 0 Å². The summed E-state index contributed by atoms with van der Waals surface area (Å²) in [5.41, 5.74) is 11.7. The Balaban J connectivity index is 2.21. The maximum atomic E-state index is 10.9. The van der Waals surface area contributed by atoms with Crippen molar-refractivity contribution < 1.29 is 9.53 Å². The first-order valence-electron chi connectivity index (χ1n) is 5.19. The third-order valence-corrected chi connectivity index (χ3v) is 2.62. The molecule has 0 radical (unpaired) electrons. The Kier molecular flexibility index (Phi) is 3.39. The van der Waals surface area contributed by atoms with Crippen LogP contribution in [0.3, 0.4) is 0 Å². The number of hydrogen-bond donors (Lipinski definition) is 2. The van der Waals surface area contributed by atoms with Crippen LogP contribution in [-0.2, 0) is 0 Å². The summed E-state index contributed by atoms with van der Waals surface area (Å²) < 4.78 is 5.56. The van der Waals surface area contributed by atoms with Gasteiger partial charge in [0, 0.05) is 11.3 Å². The Morgan fingerprint density at radius 3 is 2.33 bits per heavy atom. The quantitative estimate of drug-likeness (QED) is 0.835. The van der Waals surface area contributed by atoms with E-state index in [4.69, 9.17) is 27.8 Å². The monoisotopic (exact) mass is 262 g/mol. The second-order valence-corrected chi connectivity index (χ2v) is 4.09. The molecule has 4 nitrogen and oxygen atoms in total. The fourth-order valence-corrected chi connectivity index (χ4v) is 1.64. The van der Waals surface area contributed by atoms with E-state index in [1.54, 1.807) is 42.5 Å². The van der Waals surface area contributed by atoms with Crippen molar-refractivity contribution in [2.24, 2.45) is 5.73 Å². The molecule has 0 aliphatic heterocycles. The second kappa shape index (κ2) is 4.98. The SMILES string of the molecule is NC(=O)c1ccc(Oc2ccc(N)cc2Cl)cc1. The maximum absolute atomic E-state index is 10.9. The van der Waals surface area contributed by atoms with Gasteiger partial charge in [-0.05, 0) is 42.5 Å². The van der Waals surface area contributed by atoms with Gasteiger partial charge in [-0.15, -0.1) is 0 Å². The van der Waals surface area contributed by atoms with Gasteiger partial charge in [0.25, 0.3) is 0 Å². The molecule has 0 saturated carbocycles. The van der Waals surface area contributed by atoms with E-state index in [2.05, 4.69) is 0 Å². The molecule has 0 aliphatic rings. The van der Waals surface area contributed by atoms with Crippen molar-refractivity contribution in [1.29, 1.82) is 0 Å². The summed E-state index contributed by atoms with van der Waals surface area (Å²) in [7, 11) is 0. The predicted octanol–water partition coefficient (Wildman–Crippen LogP) is 2.81. The normalized spacial score (nSPS) is 10.1. The van der Waals surface area contributed by atoms with Crippen LogP contribution in [0.4, 0.5) is 5.69 Å². The number of anilines is 1. The van der Waals surface area contributed by atoms with Crippen LogP contribution in [0, 0.1) is 0 Å². The molecule has 0 bridgehead atoms. The minimum atomic E-state index is -0.480. The molecule has 0 aliphatic carbocycles. The Morgan fingerprint density at radius 1 is 1.11 bits per heavy atom. The standard InChI is InChI=1S/C13H11ClN2O2/c14-11-7-9(15)3-6-12(11)18-10-4-1-8(2-5-10)13(16)17/h1-7H,15H2,(H2,16,17). The zero-order chi connectivity index (χ0) is 13.1. The van der Waals surface area contributed by atoms with Crippen LogP contribution in [0.25, 0.3) is 0 Å². The van der Waals surface area contributed by atoms with E-state index in [-0.39, 0.29) is 0 Å². The molecule has 0 fully saturated rings. The van der Waals surface area contributed by atoms with Crippen molar-refractivity contribution in [1.82, 2.24) is 0 Å². The number of hydrogen-bond acceptors (Lipinski definition) is 3. The molecule has 0 aromatic heterocycles. The van der Waals surface area contributed by atoms with Gasteiger partial charge in [-0.2, -0.15) is 0 Å². The van der Waals surface area contributed by atoms with Crippen LogP contribution in [0.5, 0.6) is 11.5 Å². The highest BCUT2D eigenvalue weighted by Crippen LogP contribution is 2.30. The summed E-state index contributed by atoms with van der Waals surface area (Å²) in [5.74, 6) is 0.580. The molecule has 5 heteroatoms. The lowest BCUT2D eigenvalue weighted by molar-refractivity contribution is 0.100. The van der Waals surface area contributed by atoms with E-state index in [0.717, 1.165) is 0 Å². The number of ether oxygens (including phenoxy) is 1. The summed E-state index contributed by atoms with van der Waals surface area (Å²) in [6.45, 7) is 0. The third-order valence-electron chi connectivity index (χ3n) is 2.32. The molecule has 92 valence electrons. The van der Waals surface area contributed by atoms with Gasteiger partial charge in [0.15, 0.2) is 0 Å². The van der Waals surface area contributed by atoms with E-state index >= 15 is 0 Å². The molecule has 4 N–H and O–H groups in total. The summed E-state index contributed by atoms with van der Waals surface area (Å²) in [6, 6.07) is 11.4. The van der Waals surface area contributed by atoms with Gasteiger partial charge < -0.3 is 16.2 Å². The Hall–Kier alpha value is -2.20. The van der Waals surface area contributed by atoms with Crippen LogP contribution in [0.15, 0.2) is 42.5 Å². The molecule has 2 aromatic rings. The summed E-state index contributed by atoms with van der Waals surface area (Å²) in [4.78, 5) is 10.9. The maximum Gasteiger partial charge on any atom is 0.248 e. The smallest absolute Gasteiger partial charge is 0.248 e. The highest BCUT2D eigenvalue weighted by atomic mass is 35.5. The van der Waals surface area contributed by atoms with Crippen LogP contribution in [0.1, 0.15) is 10.4 Å². The van der Waals surface area contributed by atoms with Gasteiger partial charge in [0.1, 0.15) is 11.5 Å². The Bertz CT molecular complexity index is 582. The molecule has 2 rings (SSSR count). The average molecular weight is 263 g/mol.